The van der Waals surface area contributed by atoms with Gasteiger partial charge in [-0.05, 0) is 32.1 Å². The summed E-state index contributed by atoms with van der Waals surface area (Å²) in [6, 6.07) is 0.451. The van der Waals surface area contributed by atoms with Gasteiger partial charge in [-0.15, -0.1) is 0 Å². The molecule has 0 saturated heterocycles. The van der Waals surface area contributed by atoms with Crippen LogP contribution < -0.4 is 11.1 Å². The van der Waals surface area contributed by atoms with E-state index >= 15 is 0 Å². The van der Waals surface area contributed by atoms with Crippen molar-refractivity contribution >= 4 is 5.91 Å². The van der Waals surface area contributed by atoms with Crippen LogP contribution in [0.2, 0.25) is 0 Å². The fourth-order valence-corrected chi connectivity index (χ4v) is 2.12. The van der Waals surface area contributed by atoms with Crippen LogP contribution in [0.5, 0.6) is 0 Å². The van der Waals surface area contributed by atoms with Gasteiger partial charge in [0.15, 0.2) is 0 Å². The van der Waals surface area contributed by atoms with Crippen molar-refractivity contribution in [1.82, 2.24) is 5.32 Å². The molecule has 86 valence electrons. The minimum absolute atomic E-state index is 0.160. The highest BCUT2D eigenvalue weighted by atomic mass is 16.5. The predicted octanol–water partition coefficient (Wildman–Crippen LogP) is 0.407. The standard InChI is InChI=1S/C11H20N2O2/c1-2-15-8-3-7(4-8)5-11(14)13-10-6-9(10)12/h7-10H,2-6,12H2,1H3,(H,13,14). The summed E-state index contributed by atoms with van der Waals surface area (Å²) in [6.07, 6.45) is 4.07. The van der Waals surface area contributed by atoms with Gasteiger partial charge in [-0.2, -0.15) is 0 Å². The van der Waals surface area contributed by atoms with Gasteiger partial charge in [-0.1, -0.05) is 0 Å². The number of carbonyl (C=O) groups excluding carboxylic acids is 1. The molecule has 0 radical (unpaired) electrons. The summed E-state index contributed by atoms with van der Waals surface area (Å²) < 4.78 is 5.45. The molecule has 0 bridgehead atoms. The number of hydrogen-bond donors (Lipinski definition) is 2. The molecule has 0 aromatic heterocycles. The van der Waals surface area contributed by atoms with Gasteiger partial charge in [0.1, 0.15) is 0 Å². The van der Waals surface area contributed by atoms with E-state index in [0.717, 1.165) is 25.9 Å². The van der Waals surface area contributed by atoms with Gasteiger partial charge in [0.2, 0.25) is 5.91 Å². The molecule has 2 atom stereocenters. The van der Waals surface area contributed by atoms with E-state index in [9.17, 15) is 4.79 Å². The molecule has 0 spiro atoms. The molecular formula is C11H20N2O2. The van der Waals surface area contributed by atoms with E-state index in [0.29, 0.717) is 18.4 Å². The normalized spacial score (nSPS) is 38.3. The van der Waals surface area contributed by atoms with Crippen LogP contribution in [-0.2, 0) is 9.53 Å². The first-order valence-electron chi connectivity index (χ1n) is 5.85. The largest absolute Gasteiger partial charge is 0.378 e. The highest BCUT2D eigenvalue weighted by Crippen LogP contribution is 2.32. The molecule has 1 amide bonds. The van der Waals surface area contributed by atoms with Crippen molar-refractivity contribution in [2.45, 2.75) is 50.8 Å². The Bertz CT molecular complexity index is 239. The smallest absolute Gasteiger partial charge is 0.220 e. The lowest BCUT2D eigenvalue weighted by Gasteiger charge is -2.34. The number of nitrogens with two attached hydrogens (primary N) is 1. The Kier molecular flexibility index (Phi) is 3.26. The van der Waals surface area contributed by atoms with Gasteiger partial charge in [0.25, 0.3) is 0 Å². The number of rotatable bonds is 5. The van der Waals surface area contributed by atoms with Crippen LogP contribution in [-0.4, -0.2) is 30.7 Å². The Labute approximate surface area is 90.5 Å². The molecule has 15 heavy (non-hydrogen) atoms. The van der Waals surface area contributed by atoms with Crippen molar-refractivity contribution in [3.63, 3.8) is 0 Å². The fraction of sp³-hybridized carbons (Fsp3) is 0.909. The minimum atomic E-state index is 0.160. The Morgan fingerprint density at radius 3 is 2.67 bits per heavy atom. The molecule has 0 aromatic carbocycles. The lowest BCUT2D eigenvalue weighted by molar-refractivity contribution is -0.124. The van der Waals surface area contributed by atoms with Crippen molar-refractivity contribution in [2.24, 2.45) is 11.7 Å². The number of ether oxygens (including phenoxy) is 1. The summed E-state index contributed by atoms with van der Waals surface area (Å²) in [5.41, 5.74) is 5.62. The molecule has 0 aliphatic heterocycles. The Morgan fingerprint density at radius 1 is 1.47 bits per heavy atom. The third kappa shape index (κ3) is 2.92. The maximum atomic E-state index is 11.5. The highest BCUT2D eigenvalue weighted by Gasteiger charge is 2.36. The molecule has 2 aliphatic rings. The van der Waals surface area contributed by atoms with Gasteiger partial charge in [-0.25, -0.2) is 0 Å². The van der Waals surface area contributed by atoms with E-state index in [4.69, 9.17) is 10.5 Å². The van der Waals surface area contributed by atoms with Crippen molar-refractivity contribution < 1.29 is 9.53 Å². The van der Waals surface area contributed by atoms with E-state index < -0.39 is 0 Å². The number of amides is 1. The van der Waals surface area contributed by atoms with Crippen LogP contribution in [0.15, 0.2) is 0 Å². The second-order valence-corrected chi connectivity index (χ2v) is 4.69. The lowest BCUT2D eigenvalue weighted by atomic mass is 9.80. The predicted molar refractivity (Wildman–Crippen MR) is 57.3 cm³/mol. The second kappa shape index (κ2) is 4.49. The zero-order chi connectivity index (χ0) is 10.8. The number of carbonyl (C=O) groups is 1. The molecule has 2 unspecified atom stereocenters. The van der Waals surface area contributed by atoms with E-state index in [-0.39, 0.29) is 18.0 Å². The van der Waals surface area contributed by atoms with Gasteiger partial charge in [-0.3, -0.25) is 4.79 Å². The monoisotopic (exact) mass is 212 g/mol. The molecule has 2 fully saturated rings. The minimum Gasteiger partial charge on any atom is -0.378 e. The molecule has 2 saturated carbocycles. The van der Waals surface area contributed by atoms with Crippen LogP contribution >= 0.6 is 0 Å². The third-order valence-electron chi connectivity index (χ3n) is 3.26. The van der Waals surface area contributed by atoms with E-state index in [1.807, 2.05) is 6.92 Å². The maximum absolute atomic E-state index is 11.5. The molecule has 0 heterocycles. The number of nitrogens with one attached hydrogen (secondary N) is 1. The molecule has 4 nitrogen and oxygen atoms in total. The van der Waals surface area contributed by atoms with Crippen LogP contribution in [0.1, 0.15) is 32.6 Å². The van der Waals surface area contributed by atoms with Gasteiger partial charge in [0.05, 0.1) is 6.10 Å². The summed E-state index contributed by atoms with van der Waals surface area (Å²) in [6.45, 7) is 2.79. The zero-order valence-electron chi connectivity index (χ0n) is 9.24. The van der Waals surface area contributed by atoms with Crippen molar-refractivity contribution in [3.8, 4) is 0 Å². The molecule has 2 aliphatic carbocycles. The third-order valence-corrected chi connectivity index (χ3v) is 3.26. The summed E-state index contributed by atoms with van der Waals surface area (Å²) in [5, 5.41) is 2.94. The Hall–Kier alpha value is -0.610. The van der Waals surface area contributed by atoms with Gasteiger partial charge >= 0.3 is 0 Å². The van der Waals surface area contributed by atoms with Crippen LogP contribution in [0.3, 0.4) is 0 Å². The van der Waals surface area contributed by atoms with Gasteiger partial charge in [0, 0.05) is 25.1 Å². The van der Waals surface area contributed by atoms with E-state index in [2.05, 4.69) is 5.32 Å². The van der Waals surface area contributed by atoms with Crippen molar-refractivity contribution in [3.05, 3.63) is 0 Å². The van der Waals surface area contributed by atoms with Crippen LogP contribution in [0, 0.1) is 5.92 Å². The maximum Gasteiger partial charge on any atom is 0.220 e. The second-order valence-electron chi connectivity index (χ2n) is 4.69. The average Bonchev–Trinajstić information content (AvgIpc) is 2.78. The Balaban J connectivity index is 1.56. The first-order chi connectivity index (χ1) is 7.19. The summed E-state index contributed by atoms with van der Waals surface area (Å²) in [7, 11) is 0. The number of hydrogen-bond acceptors (Lipinski definition) is 3. The van der Waals surface area contributed by atoms with Crippen LogP contribution in [0.4, 0.5) is 0 Å². The quantitative estimate of drug-likeness (QED) is 0.693. The molecule has 2 rings (SSSR count). The first-order valence-corrected chi connectivity index (χ1v) is 5.85. The summed E-state index contributed by atoms with van der Waals surface area (Å²) in [4.78, 5) is 11.5. The lowest BCUT2D eigenvalue weighted by Crippen LogP contribution is -2.37. The van der Waals surface area contributed by atoms with Crippen LogP contribution in [0.25, 0.3) is 0 Å². The highest BCUT2D eigenvalue weighted by molar-refractivity contribution is 5.77. The van der Waals surface area contributed by atoms with Crippen molar-refractivity contribution in [1.29, 1.82) is 0 Å². The zero-order valence-corrected chi connectivity index (χ0v) is 9.24. The average molecular weight is 212 g/mol. The molecule has 0 aromatic rings. The SMILES string of the molecule is CCOC1CC(CC(=O)NC2CC2N)C1. The van der Waals surface area contributed by atoms with E-state index in [1.54, 1.807) is 0 Å². The fourth-order valence-electron chi connectivity index (χ4n) is 2.12. The van der Waals surface area contributed by atoms with Gasteiger partial charge < -0.3 is 15.8 Å². The first kappa shape index (κ1) is 10.9. The Morgan fingerprint density at radius 2 is 2.13 bits per heavy atom. The summed E-state index contributed by atoms with van der Waals surface area (Å²) in [5.74, 6) is 0.685. The molecule has 4 heteroatoms. The summed E-state index contributed by atoms with van der Waals surface area (Å²) >= 11 is 0. The molecular weight excluding hydrogens is 192 g/mol. The van der Waals surface area contributed by atoms with Crippen molar-refractivity contribution in [2.75, 3.05) is 6.61 Å². The topological polar surface area (TPSA) is 64.3 Å². The van der Waals surface area contributed by atoms with E-state index in [1.165, 1.54) is 0 Å². The molecule has 3 N–H and O–H groups in total.